The van der Waals surface area contributed by atoms with E-state index in [2.05, 4.69) is 15.2 Å². The minimum Gasteiger partial charge on any atom is -0.446 e. The molecule has 32 heavy (non-hydrogen) atoms. The predicted molar refractivity (Wildman–Crippen MR) is 117 cm³/mol. The van der Waals surface area contributed by atoms with E-state index in [9.17, 15) is 18.0 Å². The van der Waals surface area contributed by atoms with Crippen molar-refractivity contribution in [1.29, 1.82) is 0 Å². The van der Waals surface area contributed by atoms with E-state index in [0.717, 1.165) is 6.07 Å². The fourth-order valence-corrected chi connectivity index (χ4v) is 3.93. The smallest absolute Gasteiger partial charge is 0.322 e. The van der Waals surface area contributed by atoms with Crippen molar-refractivity contribution in [2.24, 2.45) is 0 Å². The van der Waals surface area contributed by atoms with Crippen molar-refractivity contribution in [3.05, 3.63) is 76.0 Å². The van der Waals surface area contributed by atoms with Gasteiger partial charge < -0.3 is 14.6 Å². The molecule has 2 aromatic carbocycles. The molecule has 0 fully saturated rings. The molecule has 168 valence electrons. The molecular weight excluding hydrogens is 481 g/mol. The summed E-state index contributed by atoms with van der Waals surface area (Å²) in [5.41, 5.74) is 0.380. The van der Waals surface area contributed by atoms with Gasteiger partial charge in [0.05, 0.1) is 14.9 Å². The Hall–Kier alpha value is -2.92. The number of carbonyl (C=O) groups excluding carboxylic acids is 2. The van der Waals surface area contributed by atoms with Gasteiger partial charge in [-0.3, -0.25) is 9.59 Å². The summed E-state index contributed by atoms with van der Waals surface area (Å²) in [4.78, 5) is 24.9. The number of nitrogens with zero attached hydrogens (tertiary/aromatic N) is 1. The minimum atomic E-state index is -4.08. The summed E-state index contributed by atoms with van der Waals surface area (Å²) in [7, 11) is -4.08. The summed E-state index contributed by atoms with van der Waals surface area (Å²) in [5.74, 6) is -1.05. The summed E-state index contributed by atoms with van der Waals surface area (Å²) in [6.45, 7) is 0.930. The molecule has 0 radical (unpaired) electrons. The Morgan fingerprint density at radius 3 is 2.44 bits per heavy atom. The number of benzene rings is 2. The molecular formula is C20H17Cl2N3O6S. The van der Waals surface area contributed by atoms with Crippen LogP contribution in [0.2, 0.25) is 10.0 Å². The average molecular weight is 498 g/mol. The number of sulfonamides is 1. The lowest BCUT2D eigenvalue weighted by Crippen LogP contribution is -2.33. The Bertz CT molecular complexity index is 1230. The summed E-state index contributed by atoms with van der Waals surface area (Å²) in [6, 6.07) is 13.4. The van der Waals surface area contributed by atoms with Crippen LogP contribution in [0, 0.1) is 6.92 Å². The van der Waals surface area contributed by atoms with E-state index in [1.54, 1.807) is 37.3 Å². The van der Waals surface area contributed by atoms with E-state index < -0.39 is 34.5 Å². The largest absolute Gasteiger partial charge is 0.446 e. The molecule has 0 spiro atoms. The number of hydrogen-bond donors (Lipinski definition) is 2. The molecule has 9 nitrogen and oxygen atoms in total. The van der Waals surface area contributed by atoms with Gasteiger partial charge in [0.2, 0.25) is 16.1 Å². The molecule has 12 heteroatoms. The molecule has 0 aliphatic rings. The third-order valence-corrected chi connectivity index (χ3v) is 6.21. The first kappa shape index (κ1) is 23.7. The van der Waals surface area contributed by atoms with Gasteiger partial charge in [-0.05, 0) is 25.1 Å². The topological polar surface area (TPSA) is 128 Å². The molecule has 0 saturated carbocycles. The van der Waals surface area contributed by atoms with Crippen molar-refractivity contribution in [3.63, 3.8) is 0 Å². The molecule has 1 heterocycles. The quantitative estimate of drug-likeness (QED) is 0.455. The van der Waals surface area contributed by atoms with Crippen LogP contribution in [-0.2, 0) is 24.3 Å². The van der Waals surface area contributed by atoms with E-state index in [4.69, 9.17) is 32.5 Å². The van der Waals surface area contributed by atoms with Crippen LogP contribution in [0.3, 0.4) is 0 Å². The maximum absolute atomic E-state index is 12.7. The number of nitrogens with one attached hydrogen (secondary N) is 2. The highest BCUT2D eigenvalue weighted by Gasteiger charge is 2.27. The Labute approximate surface area is 193 Å². The number of aromatic nitrogens is 1. The van der Waals surface area contributed by atoms with E-state index >= 15 is 0 Å². The first-order chi connectivity index (χ1) is 15.2. The summed E-state index contributed by atoms with van der Waals surface area (Å²) in [6.07, 6.45) is -1.35. The van der Waals surface area contributed by atoms with E-state index in [-0.39, 0.29) is 20.8 Å². The number of amides is 1. The van der Waals surface area contributed by atoms with Gasteiger partial charge in [0.1, 0.15) is 12.3 Å². The normalized spacial score (nSPS) is 12.2. The first-order valence-corrected chi connectivity index (χ1v) is 11.3. The van der Waals surface area contributed by atoms with Crippen LogP contribution >= 0.6 is 23.2 Å². The highest BCUT2D eigenvalue weighted by molar-refractivity contribution is 7.89. The van der Waals surface area contributed by atoms with Gasteiger partial charge in [-0.25, -0.2) is 8.42 Å². The van der Waals surface area contributed by atoms with Crippen molar-refractivity contribution in [2.75, 3.05) is 11.9 Å². The van der Waals surface area contributed by atoms with Crippen molar-refractivity contribution >= 4 is 50.9 Å². The summed E-state index contributed by atoms with van der Waals surface area (Å²) < 4.78 is 37.1. The fraction of sp³-hybridized carbons (Fsp3) is 0.150. The van der Waals surface area contributed by atoms with Crippen LogP contribution in [0.1, 0.15) is 17.4 Å². The molecule has 1 atom stereocenters. The van der Waals surface area contributed by atoms with Crippen molar-refractivity contribution in [1.82, 2.24) is 9.88 Å². The maximum Gasteiger partial charge on any atom is 0.322 e. The molecule has 3 rings (SSSR count). The third-order valence-electron chi connectivity index (χ3n) is 4.08. The second-order valence-corrected chi connectivity index (χ2v) is 9.07. The molecule has 0 bridgehead atoms. The van der Waals surface area contributed by atoms with Crippen LogP contribution in [0.5, 0.6) is 0 Å². The number of esters is 1. The number of rotatable bonds is 8. The Morgan fingerprint density at radius 2 is 1.81 bits per heavy atom. The van der Waals surface area contributed by atoms with Gasteiger partial charge >= 0.3 is 5.97 Å². The SMILES string of the molecule is Cc1cc(NC(=O)C(OC(=O)CNS(=O)(=O)c2ccc(Cl)c(Cl)c2)c2ccccc2)no1. The highest BCUT2D eigenvalue weighted by Crippen LogP contribution is 2.25. The number of hydrogen-bond acceptors (Lipinski definition) is 7. The Morgan fingerprint density at radius 1 is 1.09 bits per heavy atom. The molecule has 1 amide bonds. The molecule has 0 saturated heterocycles. The molecule has 1 unspecified atom stereocenters. The van der Waals surface area contributed by atoms with Crippen LogP contribution in [0.25, 0.3) is 0 Å². The molecule has 0 aliphatic carbocycles. The first-order valence-electron chi connectivity index (χ1n) is 9.09. The zero-order chi connectivity index (χ0) is 23.3. The van der Waals surface area contributed by atoms with Crippen molar-refractivity contribution in [3.8, 4) is 0 Å². The van der Waals surface area contributed by atoms with Crippen LogP contribution < -0.4 is 10.0 Å². The lowest BCUT2D eigenvalue weighted by Gasteiger charge is -2.17. The van der Waals surface area contributed by atoms with Crippen molar-refractivity contribution < 1.29 is 27.3 Å². The second-order valence-electron chi connectivity index (χ2n) is 6.49. The summed E-state index contributed by atoms with van der Waals surface area (Å²) in [5, 5.41) is 6.38. The van der Waals surface area contributed by atoms with Gasteiger partial charge in [0.25, 0.3) is 5.91 Å². The van der Waals surface area contributed by atoms with E-state index in [0.29, 0.717) is 11.3 Å². The Kier molecular flexibility index (Phi) is 7.52. The summed E-state index contributed by atoms with van der Waals surface area (Å²) >= 11 is 11.6. The third kappa shape index (κ3) is 6.07. The predicted octanol–water partition coefficient (Wildman–Crippen LogP) is 3.49. The van der Waals surface area contributed by atoms with E-state index in [1.165, 1.54) is 18.2 Å². The standard InChI is InChI=1S/C20H17Cl2N3O6S/c1-12-9-17(25-31-12)24-20(27)19(13-5-3-2-4-6-13)30-18(26)11-23-32(28,29)14-7-8-15(21)16(22)10-14/h2-10,19,23H,11H2,1H3,(H,24,25,27). The number of ether oxygens (including phenoxy) is 1. The number of carbonyl (C=O) groups is 2. The van der Waals surface area contributed by atoms with E-state index in [1.807, 2.05) is 0 Å². The monoisotopic (exact) mass is 497 g/mol. The number of anilines is 1. The molecule has 0 aliphatic heterocycles. The molecule has 1 aromatic heterocycles. The molecule has 3 aromatic rings. The number of halogens is 2. The van der Waals surface area contributed by atoms with Crippen LogP contribution in [0.4, 0.5) is 5.82 Å². The zero-order valence-corrected chi connectivity index (χ0v) is 18.9. The highest BCUT2D eigenvalue weighted by atomic mass is 35.5. The van der Waals surface area contributed by atoms with Crippen molar-refractivity contribution in [2.45, 2.75) is 17.9 Å². The zero-order valence-electron chi connectivity index (χ0n) is 16.5. The second kappa shape index (κ2) is 10.1. The Balaban J connectivity index is 1.70. The lowest BCUT2D eigenvalue weighted by molar-refractivity contribution is -0.153. The van der Waals surface area contributed by atoms with Crippen LogP contribution in [0.15, 0.2) is 64.0 Å². The minimum absolute atomic E-state index is 0.0426. The lowest BCUT2D eigenvalue weighted by atomic mass is 10.1. The molecule has 2 N–H and O–H groups in total. The van der Waals surface area contributed by atoms with Gasteiger partial charge in [-0.1, -0.05) is 58.7 Å². The number of aryl methyl sites for hydroxylation is 1. The van der Waals surface area contributed by atoms with Gasteiger partial charge in [-0.15, -0.1) is 0 Å². The fourth-order valence-electron chi connectivity index (χ4n) is 2.57. The maximum atomic E-state index is 12.7. The van der Waals surface area contributed by atoms with Crippen LogP contribution in [-0.4, -0.2) is 32.0 Å². The van der Waals surface area contributed by atoms with Gasteiger partial charge in [0.15, 0.2) is 5.82 Å². The average Bonchev–Trinajstić information content (AvgIpc) is 3.17. The van der Waals surface area contributed by atoms with Gasteiger partial charge in [-0.2, -0.15) is 4.72 Å². The van der Waals surface area contributed by atoms with Gasteiger partial charge in [0, 0.05) is 11.6 Å².